The third-order valence-electron chi connectivity index (χ3n) is 3.89. The number of nitrogens with zero attached hydrogens (tertiary/aromatic N) is 2. The Morgan fingerprint density at radius 3 is 2.67 bits per heavy atom. The van der Waals surface area contributed by atoms with E-state index in [1.807, 2.05) is 18.4 Å². The van der Waals surface area contributed by atoms with Crippen molar-refractivity contribution in [2.75, 3.05) is 0 Å². The summed E-state index contributed by atoms with van der Waals surface area (Å²) in [7, 11) is 0. The van der Waals surface area contributed by atoms with Gasteiger partial charge in [0, 0.05) is 10.8 Å². The van der Waals surface area contributed by atoms with Crippen molar-refractivity contribution in [3.8, 4) is 22.2 Å². The molecule has 0 N–H and O–H groups in total. The second-order valence-electron chi connectivity index (χ2n) is 6.01. The van der Waals surface area contributed by atoms with E-state index in [2.05, 4.69) is 33.3 Å². The number of fused-ring (bicyclic) bond motifs is 3. The summed E-state index contributed by atoms with van der Waals surface area (Å²) in [4.78, 5) is 9.11. The smallest absolute Gasteiger partial charge is 0.395 e. The van der Waals surface area contributed by atoms with Crippen LogP contribution in [0.4, 0.5) is 8.78 Å². The molecule has 2 aromatic heterocycles. The molecule has 4 nitrogen and oxygen atoms in total. The highest BCUT2D eigenvalue weighted by molar-refractivity contribution is 7.13. The van der Waals surface area contributed by atoms with Crippen LogP contribution in [-0.4, -0.2) is 16.3 Å². The lowest BCUT2D eigenvalue weighted by Gasteiger charge is -2.07. The number of alkyl halides is 2. The van der Waals surface area contributed by atoms with Crippen molar-refractivity contribution < 1.29 is 18.3 Å². The quantitative estimate of drug-likeness (QED) is 0.645. The summed E-state index contributed by atoms with van der Waals surface area (Å²) in [5.74, 6) is 0.290. The first-order chi connectivity index (χ1) is 11.3. The van der Waals surface area contributed by atoms with Crippen LogP contribution in [0.25, 0.3) is 21.6 Å². The number of benzene rings is 1. The molecule has 24 heavy (non-hydrogen) atoms. The van der Waals surface area contributed by atoms with E-state index < -0.39 is 6.29 Å². The lowest BCUT2D eigenvalue weighted by atomic mass is 10.1. The molecule has 0 unspecified atom stereocenters. The van der Waals surface area contributed by atoms with Gasteiger partial charge in [0.1, 0.15) is 16.2 Å². The highest BCUT2D eigenvalue weighted by atomic mass is 32.1. The summed E-state index contributed by atoms with van der Waals surface area (Å²) in [5, 5.41) is 3.50. The van der Waals surface area contributed by atoms with E-state index in [1.165, 1.54) is 17.4 Å². The van der Waals surface area contributed by atoms with Crippen molar-refractivity contribution >= 4 is 22.2 Å². The molecule has 0 saturated carbocycles. The number of hydrogen-bond acceptors (Lipinski definition) is 5. The molecule has 0 fully saturated rings. The van der Waals surface area contributed by atoms with Crippen LogP contribution in [0, 0.1) is 6.92 Å². The van der Waals surface area contributed by atoms with Gasteiger partial charge in [0.2, 0.25) is 0 Å². The molecule has 124 valence electrons. The van der Waals surface area contributed by atoms with Crippen molar-refractivity contribution in [2.45, 2.75) is 33.0 Å². The Bertz CT molecular complexity index is 953. The molecule has 0 atom stereocenters. The number of pyridine rings is 1. The van der Waals surface area contributed by atoms with Gasteiger partial charge in [-0.05, 0) is 36.6 Å². The predicted molar refractivity (Wildman–Crippen MR) is 87.9 cm³/mol. The van der Waals surface area contributed by atoms with E-state index in [0.717, 1.165) is 21.7 Å². The first-order valence-electron chi connectivity index (χ1n) is 7.50. The fourth-order valence-electron chi connectivity index (χ4n) is 2.64. The minimum Gasteiger partial charge on any atom is -0.395 e. The number of hydrogen-bond donors (Lipinski definition) is 0. The van der Waals surface area contributed by atoms with Gasteiger partial charge in [-0.1, -0.05) is 13.8 Å². The van der Waals surface area contributed by atoms with Crippen molar-refractivity contribution in [1.29, 1.82) is 0 Å². The zero-order valence-electron chi connectivity index (χ0n) is 13.3. The van der Waals surface area contributed by atoms with Crippen LogP contribution < -0.4 is 9.47 Å². The van der Waals surface area contributed by atoms with Crippen LogP contribution in [0.1, 0.15) is 31.0 Å². The largest absolute Gasteiger partial charge is 0.586 e. The summed E-state index contributed by atoms with van der Waals surface area (Å²) in [6, 6.07) is 5.10. The molecule has 0 bridgehead atoms. The Kier molecular flexibility index (Phi) is 3.25. The first kappa shape index (κ1) is 15.3. The van der Waals surface area contributed by atoms with Gasteiger partial charge in [-0.3, -0.25) is 0 Å². The minimum absolute atomic E-state index is 0.00133. The molecule has 1 aromatic carbocycles. The highest BCUT2D eigenvalue weighted by Crippen LogP contribution is 2.46. The molecular formula is C17H14F2N2O2S. The molecule has 0 amide bonds. The van der Waals surface area contributed by atoms with E-state index >= 15 is 0 Å². The van der Waals surface area contributed by atoms with Gasteiger partial charge in [-0.15, -0.1) is 20.1 Å². The van der Waals surface area contributed by atoms with E-state index in [4.69, 9.17) is 0 Å². The summed E-state index contributed by atoms with van der Waals surface area (Å²) >= 11 is 1.49. The van der Waals surface area contributed by atoms with Crippen LogP contribution in [0.15, 0.2) is 23.6 Å². The monoisotopic (exact) mass is 348 g/mol. The molecule has 0 saturated heterocycles. The highest BCUT2D eigenvalue weighted by Gasteiger charge is 2.44. The second kappa shape index (κ2) is 5.11. The molecular weight excluding hydrogens is 334 g/mol. The predicted octanol–water partition coefficient (Wildman–Crippen LogP) is 5.11. The summed E-state index contributed by atoms with van der Waals surface area (Å²) < 4.78 is 36.0. The van der Waals surface area contributed by atoms with Crippen LogP contribution in [0.3, 0.4) is 0 Å². The Balaban J connectivity index is 1.90. The van der Waals surface area contributed by atoms with Crippen LogP contribution in [0.5, 0.6) is 11.5 Å². The van der Waals surface area contributed by atoms with Gasteiger partial charge in [0.05, 0.1) is 5.69 Å². The molecule has 7 heteroatoms. The van der Waals surface area contributed by atoms with Crippen molar-refractivity contribution in [1.82, 2.24) is 9.97 Å². The van der Waals surface area contributed by atoms with Gasteiger partial charge < -0.3 is 9.47 Å². The van der Waals surface area contributed by atoms with Gasteiger partial charge >= 0.3 is 6.29 Å². The maximum atomic E-state index is 13.4. The first-order valence-corrected chi connectivity index (χ1v) is 8.38. The van der Waals surface area contributed by atoms with Crippen LogP contribution >= 0.6 is 11.3 Å². The van der Waals surface area contributed by atoms with Crippen LogP contribution in [0.2, 0.25) is 0 Å². The average Bonchev–Trinajstić information content (AvgIpc) is 3.10. The van der Waals surface area contributed by atoms with Crippen molar-refractivity contribution in [2.24, 2.45) is 0 Å². The van der Waals surface area contributed by atoms with E-state index in [0.29, 0.717) is 17.1 Å². The van der Waals surface area contributed by atoms with Gasteiger partial charge in [0.15, 0.2) is 11.5 Å². The fourth-order valence-corrected chi connectivity index (χ4v) is 3.58. The number of rotatable bonds is 2. The second-order valence-corrected chi connectivity index (χ2v) is 6.87. The summed E-state index contributed by atoms with van der Waals surface area (Å²) in [6.07, 6.45) is -3.66. The lowest BCUT2D eigenvalue weighted by Crippen LogP contribution is -2.26. The summed E-state index contributed by atoms with van der Waals surface area (Å²) in [6.45, 7) is 6.04. The Labute approximate surface area is 141 Å². The lowest BCUT2D eigenvalue weighted by molar-refractivity contribution is -0.286. The van der Waals surface area contributed by atoms with Crippen LogP contribution in [-0.2, 0) is 0 Å². The molecule has 1 aliphatic rings. The molecule has 1 aliphatic heterocycles. The standard InChI is InChI=1S/C17H14F2N2O2S/c1-8(2)12-7-24-16(21-12)11-6-9(3)10-4-5-13-15(14(10)20-11)23-17(18,19)22-13/h4-8H,1-3H3. The Morgan fingerprint density at radius 1 is 1.17 bits per heavy atom. The summed E-state index contributed by atoms with van der Waals surface area (Å²) in [5.41, 5.74) is 2.90. The normalized spacial score (nSPS) is 15.4. The average molecular weight is 348 g/mol. The van der Waals surface area contributed by atoms with Gasteiger partial charge in [-0.2, -0.15) is 0 Å². The Morgan fingerprint density at radius 2 is 1.96 bits per heavy atom. The molecule has 4 rings (SSSR count). The third-order valence-corrected chi connectivity index (χ3v) is 4.77. The molecule has 3 aromatic rings. The molecule has 0 spiro atoms. The van der Waals surface area contributed by atoms with Gasteiger partial charge in [-0.25, -0.2) is 9.97 Å². The van der Waals surface area contributed by atoms with Crippen molar-refractivity contribution in [3.05, 3.63) is 34.8 Å². The maximum absolute atomic E-state index is 13.4. The maximum Gasteiger partial charge on any atom is 0.586 e. The minimum atomic E-state index is -3.66. The van der Waals surface area contributed by atoms with Gasteiger partial charge in [0.25, 0.3) is 0 Å². The topological polar surface area (TPSA) is 44.2 Å². The fraction of sp³-hybridized carbons (Fsp3) is 0.294. The van der Waals surface area contributed by atoms with E-state index in [-0.39, 0.29) is 11.5 Å². The van der Waals surface area contributed by atoms with E-state index in [1.54, 1.807) is 6.07 Å². The molecule has 0 aliphatic carbocycles. The van der Waals surface area contributed by atoms with E-state index in [9.17, 15) is 8.78 Å². The molecule has 3 heterocycles. The number of aromatic nitrogens is 2. The number of halogens is 2. The Hall–Kier alpha value is -2.28. The number of thiazole rings is 1. The third kappa shape index (κ3) is 2.39. The zero-order chi connectivity index (χ0) is 17.1. The van der Waals surface area contributed by atoms with Crippen molar-refractivity contribution in [3.63, 3.8) is 0 Å². The number of ether oxygens (including phenoxy) is 2. The number of aryl methyl sites for hydroxylation is 1. The zero-order valence-corrected chi connectivity index (χ0v) is 14.1. The molecule has 0 radical (unpaired) electrons. The SMILES string of the molecule is Cc1cc(-c2nc(C(C)C)cs2)nc2c3c(ccc12)OC(F)(F)O3.